The van der Waals surface area contributed by atoms with Crippen LogP contribution in [0.3, 0.4) is 0 Å². The van der Waals surface area contributed by atoms with Crippen LogP contribution in [0, 0.1) is 0 Å². The van der Waals surface area contributed by atoms with E-state index in [1.807, 2.05) is 25.7 Å². The van der Waals surface area contributed by atoms with Crippen LogP contribution in [0.1, 0.15) is 43.1 Å². The number of benzene rings is 1. The first-order chi connectivity index (χ1) is 10.3. The summed E-state index contributed by atoms with van der Waals surface area (Å²) in [4.78, 5) is 25.0. The molecule has 1 aromatic rings. The lowest BCUT2D eigenvalue weighted by molar-refractivity contribution is -0.158. The van der Waals surface area contributed by atoms with E-state index in [1.54, 1.807) is 24.3 Å². The predicted molar refractivity (Wildman–Crippen MR) is 82.9 cm³/mol. The van der Waals surface area contributed by atoms with Crippen LogP contribution in [-0.2, 0) is 16.0 Å². The summed E-state index contributed by atoms with van der Waals surface area (Å²) < 4.78 is 5.80. The summed E-state index contributed by atoms with van der Waals surface area (Å²) in [5, 5.41) is 8.87. The molecule has 1 amide bonds. The second-order valence-corrected chi connectivity index (χ2v) is 6.46. The number of nitrogens with zero attached hydrogens (tertiary/aromatic N) is 1. The molecular weight excluding hydrogens is 282 g/mol. The van der Waals surface area contributed by atoms with E-state index in [2.05, 4.69) is 0 Å². The number of aryl methyl sites for hydroxylation is 1. The van der Waals surface area contributed by atoms with Gasteiger partial charge < -0.3 is 14.7 Å². The predicted octanol–water partition coefficient (Wildman–Crippen LogP) is 2.34. The molecule has 1 aromatic carbocycles. The standard InChI is InChI=1S/C17H23NO4/c1-12-10-18(11-17(2,3)22-12)15(19)9-6-13-4-7-14(8-5-13)16(20)21/h4-5,7-8,12H,6,9-11H2,1-3H3,(H,20,21)/t12-/m1/s1. The van der Waals surface area contributed by atoms with E-state index < -0.39 is 5.97 Å². The van der Waals surface area contributed by atoms with Gasteiger partial charge in [-0.15, -0.1) is 0 Å². The van der Waals surface area contributed by atoms with Crippen LogP contribution in [0.25, 0.3) is 0 Å². The Kier molecular flexibility index (Phi) is 4.86. The van der Waals surface area contributed by atoms with Gasteiger partial charge in [0.25, 0.3) is 0 Å². The smallest absolute Gasteiger partial charge is 0.335 e. The molecule has 1 heterocycles. The average Bonchev–Trinajstić information content (AvgIpc) is 2.43. The molecule has 22 heavy (non-hydrogen) atoms. The van der Waals surface area contributed by atoms with Crippen LogP contribution in [0.5, 0.6) is 0 Å². The Hall–Kier alpha value is -1.88. The van der Waals surface area contributed by atoms with Crippen LogP contribution < -0.4 is 0 Å². The van der Waals surface area contributed by atoms with Gasteiger partial charge >= 0.3 is 5.97 Å². The Balaban J connectivity index is 1.90. The van der Waals surface area contributed by atoms with Crippen molar-refractivity contribution in [3.05, 3.63) is 35.4 Å². The Morgan fingerprint density at radius 1 is 1.32 bits per heavy atom. The van der Waals surface area contributed by atoms with E-state index >= 15 is 0 Å². The highest BCUT2D eigenvalue weighted by atomic mass is 16.5. The highest BCUT2D eigenvalue weighted by Gasteiger charge is 2.33. The molecule has 1 aliphatic rings. The molecular formula is C17H23NO4. The van der Waals surface area contributed by atoms with Crippen LogP contribution in [-0.4, -0.2) is 46.7 Å². The van der Waals surface area contributed by atoms with Crippen molar-refractivity contribution in [2.45, 2.75) is 45.3 Å². The number of hydrogen-bond acceptors (Lipinski definition) is 3. The van der Waals surface area contributed by atoms with Crippen molar-refractivity contribution in [3.63, 3.8) is 0 Å². The van der Waals surface area contributed by atoms with Crippen LogP contribution >= 0.6 is 0 Å². The zero-order chi connectivity index (χ0) is 16.3. The lowest BCUT2D eigenvalue weighted by Crippen LogP contribution is -2.53. The molecule has 1 saturated heterocycles. The van der Waals surface area contributed by atoms with Crippen molar-refractivity contribution < 1.29 is 19.4 Å². The highest BCUT2D eigenvalue weighted by molar-refractivity contribution is 5.87. The molecule has 1 aliphatic heterocycles. The quantitative estimate of drug-likeness (QED) is 0.927. The van der Waals surface area contributed by atoms with Gasteiger partial charge in [-0.1, -0.05) is 12.1 Å². The van der Waals surface area contributed by atoms with Crippen LogP contribution in [0.15, 0.2) is 24.3 Å². The van der Waals surface area contributed by atoms with E-state index in [-0.39, 0.29) is 23.2 Å². The summed E-state index contributed by atoms with van der Waals surface area (Å²) in [6.07, 6.45) is 1.09. The van der Waals surface area contributed by atoms with E-state index in [9.17, 15) is 9.59 Å². The number of ether oxygens (including phenoxy) is 1. The topological polar surface area (TPSA) is 66.8 Å². The normalized spacial score (nSPS) is 20.7. The third kappa shape index (κ3) is 4.31. The Morgan fingerprint density at radius 2 is 1.95 bits per heavy atom. The first-order valence-corrected chi connectivity index (χ1v) is 7.55. The zero-order valence-corrected chi connectivity index (χ0v) is 13.3. The van der Waals surface area contributed by atoms with Crippen molar-refractivity contribution in [3.8, 4) is 0 Å². The number of carboxylic acid groups (broad SMARTS) is 1. The molecule has 0 aliphatic carbocycles. The van der Waals surface area contributed by atoms with Crippen molar-refractivity contribution in [1.82, 2.24) is 4.90 Å². The van der Waals surface area contributed by atoms with Gasteiger partial charge in [-0.2, -0.15) is 0 Å². The van der Waals surface area contributed by atoms with Gasteiger partial charge in [0, 0.05) is 19.5 Å². The number of carbonyl (C=O) groups excluding carboxylic acids is 1. The lowest BCUT2D eigenvalue weighted by atomic mass is 10.0. The summed E-state index contributed by atoms with van der Waals surface area (Å²) in [6, 6.07) is 6.68. The largest absolute Gasteiger partial charge is 0.478 e. The molecule has 0 spiro atoms. The summed E-state index contributed by atoms with van der Waals surface area (Å²) in [6.45, 7) is 7.20. The molecule has 1 fully saturated rings. The molecule has 5 nitrogen and oxygen atoms in total. The van der Waals surface area contributed by atoms with E-state index in [0.29, 0.717) is 25.9 Å². The summed E-state index contributed by atoms with van der Waals surface area (Å²) in [5.74, 6) is -0.822. The van der Waals surface area contributed by atoms with E-state index in [4.69, 9.17) is 9.84 Å². The number of amides is 1. The maximum Gasteiger partial charge on any atom is 0.335 e. The minimum Gasteiger partial charge on any atom is -0.478 e. The first-order valence-electron chi connectivity index (χ1n) is 7.55. The second kappa shape index (κ2) is 6.48. The minimum atomic E-state index is -0.938. The van der Waals surface area contributed by atoms with Gasteiger partial charge in [0.2, 0.25) is 5.91 Å². The Morgan fingerprint density at radius 3 is 2.50 bits per heavy atom. The lowest BCUT2D eigenvalue weighted by Gasteiger charge is -2.41. The van der Waals surface area contributed by atoms with E-state index in [1.165, 1.54) is 0 Å². The molecule has 5 heteroatoms. The van der Waals surface area contributed by atoms with Crippen molar-refractivity contribution in [2.24, 2.45) is 0 Å². The van der Waals surface area contributed by atoms with Gasteiger partial charge in [-0.05, 0) is 44.9 Å². The molecule has 0 bridgehead atoms. The third-order valence-electron chi connectivity index (χ3n) is 3.75. The van der Waals surface area contributed by atoms with Crippen molar-refractivity contribution in [1.29, 1.82) is 0 Å². The molecule has 0 saturated carbocycles. The number of hydrogen-bond donors (Lipinski definition) is 1. The van der Waals surface area contributed by atoms with Crippen LogP contribution in [0.2, 0.25) is 0 Å². The monoisotopic (exact) mass is 305 g/mol. The fourth-order valence-corrected chi connectivity index (χ4v) is 2.87. The molecule has 0 radical (unpaired) electrons. The van der Waals surface area contributed by atoms with Gasteiger partial charge in [0.1, 0.15) is 0 Å². The van der Waals surface area contributed by atoms with Crippen LogP contribution in [0.4, 0.5) is 0 Å². The second-order valence-electron chi connectivity index (χ2n) is 6.46. The Labute approximate surface area is 130 Å². The maximum atomic E-state index is 12.4. The molecule has 1 N–H and O–H groups in total. The summed E-state index contributed by atoms with van der Waals surface area (Å²) in [7, 11) is 0. The average molecular weight is 305 g/mol. The SMILES string of the molecule is C[C@@H]1CN(C(=O)CCc2ccc(C(=O)O)cc2)CC(C)(C)O1. The van der Waals surface area contributed by atoms with Gasteiger partial charge in [0.05, 0.1) is 17.3 Å². The van der Waals surface area contributed by atoms with Gasteiger partial charge in [-0.25, -0.2) is 4.79 Å². The molecule has 0 unspecified atom stereocenters. The number of morpholine rings is 1. The zero-order valence-electron chi connectivity index (χ0n) is 13.3. The number of rotatable bonds is 4. The van der Waals surface area contributed by atoms with Crippen molar-refractivity contribution in [2.75, 3.05) is 13.1 Å². The van der Waals surface area contributed by atoms with Crippen molar-refractivity contribution >= 4 is 11.9 Å². The number of aromatic carboxylic acids is 1. The minimum absolute atomic E-state index is 0.0440. The summed E-state index contributed by atoms with van der Waals surface area (Å²) in [5.41, 5.74) is 0.925. The molecule has 1 atom stereocenters. The first kappa shape index (κ1) is 16.5. The Bertz CT molecular complexity index is 550. The summed E-state index contributed by atoms with van der Waals surface area (Å²) >= 11 is 0. The van der Waals surface area contributed by atoms with E-state index in [0.717, 1.165) is 5.56 Å². The third-order valence-corrected chi connectivity index (χ3v) is 3.75. The fourth-order valence-electron chi connectivity index (χ4n) is 2.87. The molecule has 2 rings (SSSR count). The molecule has 120 valence electrons. The highest BCUT2D eigenvalue weighted by Crippen LogP contribution is 2.21. The fraction of sp³-hybridized carbons (Fsp3) is 0.529. The number of carbonyl (C=O) groups is 2. The van der Waals surface area contributed by atoms with Gasteiger partial charge in [-0.3, -0.25) is 4.79 Å². The maximum absolute atomic E-state index is 12.4. The number of carboxylic acids is 1. The molecule has 0 aromatic heterocycles. The van der Waals surface area contributed by atoms with Gasteiger partial charge in [0.15, 0.2) is 0 Å².